The lowest BCUT2D eigenvalue weighted by atomic mass is 10.0. The van der Waals surface area contributed by atoms with Gasteiger partial charge in [0.2, 0.25) is 5.91 Å². The van der Waals surface area contributed by atoms with Gasteiger partial charge in [-0.2, -0.15) is 0 Å². The zero-order valence-corrected chi connectivity index (χ0v) is 23.7. The molecule has 0 radical (unpaired) electrons. The Bertz CT molecular complexity index is 1440. The van der Waals surface area contributed by atoms with Gasteiger partial charge in [0.1, 0.15) is 6.04 Å². The Hall–Kier alpha value is -4.15. The third-order valence-electron chi connectivity index (χ3n) is 6.77. The number of aryl methyl sites for hydroxylation is 1. The van der Waals surface area contributed by atoms with Crippen LogP contribution in [0.25, 0.3) is 11.1 Å². The number of anilines is 1. The summed E-state index contributed by atoms with van der Waals surface area (Å²) in [7, 11) is 1.17. The molecule has 2 N–H and O–H groups in total. The second kappa shape index (κ2) is 13.5. The number of amides is 2. The molecule has 214 valence electrons. The summed E-state index contributed by atoms with van der Waals surface area (Å²) in [4.78, 5) is 50.9. The fourth-order valence-electron chi connectivity index (χ4n) is 4.68. The number of non-ortho nitro benzene ring substituents is 1. The molecule has 0 aromatic heterocycles. The van der Waals surface area contributed by atoms with E-state index in [4.69, 9.17) is 27.9 Å². The lowest BCUT2D eigenvalue weighted by Gasteiger charge is -2.31. The van der Waals surface area contributed by atoms with Gasteiger partial charge >= 0.3 is 5.97 Å². The molecule has 12 heteroatoms. The van der Waals surface area contributed by atoms with Crippen molar-refractivity contribution in [2.45, 2.75) is 25.3 Å². The topological polar surface area (TPSA) is 131 Å². The minimum absolute atomic E-state index is 0.00771. The lowest BCUT2D eigenvalue weighted by molar-refractivity contribution is -0.384. The van der Waals surface area contributed by atoms with E-state index < -0.39 is 22.8 Å². The molecule has 10 nitrogen and oxygen atoms in total. The number of esters is 1. The number of carbonyl (C=O) groups excluding carboxylic acids is 3. The summed E-state index contributed by atoms with van der Waals surface area (Å²) < 4.78 is 4.81. The van der Waals surface area contributed by atoms with Crippen LogP contribution in [0, 0.1) is 10.1 Å². The quantitative estimate of drug-likeness (QED) is 0.195. The first-order valence-electron chi connectivity index (χ1n) is 12.9. The minimum Gasteiger partial charge on any atom is -0.467 e. The number of halogens is 2. The van der Waals surface area contributed by atoms with Crippen molar-refractivity contribution in [2.75, 3.05) is 31.6 Å². The zero-order valence-electron chi connectivity index (χ0n) is 22.2. The molecular formula is C29H28Cl2N4O6. The molecule has 0 spiro atoms. The van der Waals surface area contributed by atoms with Crippen molar-refractivity contribution in [1.29, 1.82) is 0 Å². The molecule has 4 rings (SSSR count). The van der Waals surface area contributed by atoms with Crippen LogP contribution in [-0.2, 0) is 20.7 Å². The van der Waals surface area contributed by atoms with E-state index in [0.29, 0.717) is 13.1 Å². The molecule has 0 unspecified atom stereocenters. The molecule has 3 aromatic rings. The number of hydrogen-bond donors (Lipinski definition) is 2. The standard InChI is InChI=1S/C29H28Cl2N4O6/c1-41-29(38)24(33-28(37)27-22(30)14-20(15-23(27)31)18-6-3-2-4-7-18)17-32-26(36)11-13-34-12-5-8-19-9-10-21(35(39)40)16-25(19)34/h2-4,6-7,9-10,14-16,24H,5,8,11-13,17H2,1H3,(H,32,36)(H,33,37)/t24-/m0/s1. The van der Waals surface area contributed by atoms with Gasteiger partial charge in [-0.15, -0.1) is 0 Å². The van der Waals surface area contributed by atoms with Crippen molar-refractivity contribution < 1.29 is 24.0 Å². The van der Waals surface area contributed by atoms with E-state index in [1.54, 1.807) is 18.2 Å². The third-order valence-corrected chi connectivity index (χ3v) is 7.37. The Morgan fingerprint density at radius 3 is 2.41 bits per heavy atom. The van der Waals surface area contributed by atoms with Crippen LogP contribution in [0.3, 0.4) is 0 Å². The zero-order chi connectivity index (χ0) is 29.5. The molecule has 3 aromatic carbocycles. The van der Waals surface area contributed by atoms with Crippen LogP contribution < -0.4 is 15.5 Å². The summed E-state index contributed by atoms with van der Waals surface area (Å²) in [5.74, 6) is -1.83. The van der Waals surface area contributed by atoms with Crippen molar-refractivity contribution in [3.05, 3.63) is 92.0 Å². The Balaban J connectivity index is 1.38. The first-order valence-corrected chi connectivity index (χ1v) is 13.7. The predicted molar refractivity (Wildman–Crippen MR) is 156 cm³/mol. The summed E-state index contributed by atoms with van der Waals surface area (Å²) in [5.41, 5.74) is 3.30. The van der Waals surface area contributed by atoms with Crippen LogP contribution >= 0.6 is 23.2 Å². The number of benzene rings is 3. The highest BCUT2D eigenvalue weighted by Gasteiger charge is 2.26. The van der Waals surface area contributed by atoms with E-state index in [0.717, 1.165) is 35.2 Å². The largest absolute Gasteiger partial charge is 0.467 e. The van der Waals surface area contributed by atoms with E-state index in [-0.39, 0.29) is 40.2 Å². The number of fused-ring (bicyclic) bond motifs is 1. The van der Waals surface area contributed by atoms with Crippen molar-refractivity contribution in [1.82, 2.24) is 10.6 Å². The highest BCUT2D eigenvalue weighted by molar-refractivity contribution is 6.40. The van der Waals surface area contributed by atoms with E-state index in [1.807, 2.05) is 35.2 Å². The molecule has 0 saturated carbocycles. The Morgan fingerprint density at radius 1 is 1.05 bits per heavy atom. The average Bonchev–Trinajstić information content (AvgIpc) is 2.97. The lowest BCUT2D eigenvalue weighted by Crippen LogP contribution is -2.49. The van der Waals surface area contributed by atoms with Gasteiger partial charge < -0.3 is 20.3 Å². The number of carbonyl (C=O) groups is 3. The Morgan fingerprint density at radius 2 is 1.76 bits per heavy atom. The first kappa shape index (κ1) is 29.8. The molecular weight excluding hydrogens is 571 g/mol. The van der Waals surface area contributed by atoms with Gasteiger partial charge in [-0.3, -0.25) is 19.7 Å². The Labute approximate surface area is 246 Å². The third kappa shape index (κ3) is 7.33. The molecule has 1 aliphatic rings. The highest BCUT2D eigenvalue weighted by atomic mass is 35.5. The van der Waals surface area contributed by atoms with E-state index in [2.05, 4.69) is 10.6 Å². The van der Waals surface area contributed by atoms with Crippen LogP contribution in [-0.4, -0.2) is 55.5 Å². The van der Waals surface area contributed by atoms with Crippen molar-refractivity contribution in [2.24, 2.45) is 0 Å². The number of ether oxygens (including phenoxy) is 1. The maximum absolute atomic E-state index is 13.1. The van der Waals surface area contributed by atoms with E-state index in [1.165, 1.54) is 19.2 Å². The summed E-state index contributed by atoms with van der Waals surface area (Å²) in [6, 6.07) is 16.1. The molecule has 0 bridgehead atoms. The van der Waals surface area contributed by atoms with Crippen LogP contribution in [0.5, 0.6) is 0 Å². The number of rotatable bonds is 10. The number of nitrogens with zero attached hydrogens (tertiary/aromatic N) is 2. The van der Waals surface area contributed by atoms with E-state index in [9.17, 15) is 24.5 Å². The Kier molecular flexibility index (Phi) is 9.80. The second-order valence-electron chi connectivity index (χ2n) is 9.44. The second-order valence-corrected chi connectivity index (χ2v) is 10.3. The number of nitrogens with one attached hydrogen (secondary N) is 2. The average molecular weight is 599 g/mol. The molecule has 41 heavy (non-hydrogen) atoms. The summed E-state index contributed by atoms with van der Waals surface area (Å²) in [6.45, 7) is 0.762. The van der Waals surface area contributed by atoms with Crippen LogP contribution in [0.1, 0.15) is 28.8 Å². The summed E-state index contributed by atoms with van der Waals surface area (Å²) >= 11 is 12.8. The highest BCUT2D eigenvalue weighted by Crippen LogP contribution is 2.32. The van der Waals surface area contributed by atoms with Gasteiger partial charge in [-0.25, -0.2) is 4.79 Å². The van der Waals surface area contributed by atoms with Crippen LogP contribution in [0.4, 0.5) is 11.4 Å². The van der Waals surface area contributed by atoms with Crippen molar-refractivity contribution in [3.63, 3.8) is 0 Å². The van der Waals surface area contributed by atoms with Crippen molar-refractivity contribution in [3.8, 4) is 11.1 Å². The molecule has 1 aliphatic heterocycles. The maximum Gasteiger partial charge on any atom is 0.330 e. The smallest absolute Gasteiger partial charge is 0.330 e. The van der Waals surface area contributed by atoms with Gasteiger partial charge in [-0.05, 0) is 41.7 Å². The SMILES string of the molecule is COC(=O)[C@H](CNC(=O)CCN1CCCc2ccc([N+](=O)[O-])cc21)NC(=O)c1c(Cl)cc(-c2ccccc2)cc1Cl. The predicted octanol–water partition coefficient (Wildman–Crippen LogP) is 4.80. The van der Waals surface area contributed by atoms with E-state index >= 15 is 0 Å². The summed E-state index contributed by atoms with van der Waals surface area (Å²) in [6.07, 6.45) is 1.74. The number of hydrogen-bond acceptors (Lipinski definition) is 7. The molecule has 0 fully saturated rings. The van der Waals surface area contributed by atoms with Crippen LogP contribution in [0.2, 0.25) is 10.0 Å². The fraction of sp³-hybridized carbons (Fsp3) is 0.276. The van der Waals surface area contributed by atoms with Gasteiger partial charge in [0.05, 0.1) is 27.6 Å². The normalized spacial score (nSPS) is 13.1. The monoisotopic (exact) mass is 598 g/mol. The van der Waals surface area contributed by atoms with Crippen molar-refractivity contribution >= 4 is 52.4 Å². The number of methoxy groups -OCH3 is 1. The number of nitro benzene ring substituents is 1. The maximum atomic E-state index is 13.1. The van der Waals surface area contributed by atoms with Gasteiger partial charge in [0, 0.05) is 43.9 Å². The molecule has 1 heterocycles. The molecule has 2 amide bonds. The van der Waals surface area contributed by atoms with Gasteiger partial charge in [-0.1, -0.05) is 59.6 Å². The first-order chi connectivity index (χ1) is 19.7. The fourth-order valence-corrected chi connectivity index (χ4v) is 5.34. The van der Waals surface area contributed by atoms with Crippen LogP contribution in [0.15, 0.2) is 60.7 Å². The van der Waals surface area contributed by atoms with Gasteiger partial charge in [0.15, 0.2) is 0 Å². The molecule has 1 atom stereocenters. The molecule has 0 aliphatic carbocycles. The minimum atomic E-state index is -1.20. The summed E-state index contributed by atoms with van der Waals surface area (Å²) in [5, 5.41) is 16.6. The molecule has 0 saturated heterocycles. The number of nitro groups is 1. The van der Waals surface area contributed by atoms with Gasteiger partial charge in [0.25, 0.3) is 11.6 Å².